The Morgan fingerprint density at radius 2 is 0.848 bits per heavy atom. The third-order valence-corrected chi connectivity index (χ3v) is 21.7. The van der Waals surface area contributed by atoms with Crippen molar-refractivity contribution in [1.29, 1.82) is 0 Å². The molecule has 1 amide bonds. The van der Waals surface area contributed by atoms with Crippen molar-refractivity contribution < 1.29 is 23.8 Å². The number of methoxy groups -OCH3 is 1. The van der Waals surface area contributed by atoms with E-state index in [0.717, 1.165) is 155 Å². The highest BCUT2D eigenvalue weighted by Crippen LogP contribution is 2.33. The Hall–Kier alpha value is -8.75. The number of carbonyl (C=O) groups excluding carboxylic acids is 2. The van der Waals surface area contributed by atoms with Crippen LogP contribution in [0.5, 0.6) is 0 Å². The number of thiazole rings is 6. The number of fused-ring (bicyclic) bond motifs is 6. The summed E-state index contributed by atoms with van der Waals surface area (Å²) in [6.07, 6.45) is 15.8. The number of benzene rings is 6. The number of carbonyl (C=O) groups is 2. The molecule has 0 atom stereocenters. The van der Waals surface area contributed by atoms with E-state index in [0.29, 0.717) is 44.6 Å². The average Bonchev–Trinajstić information content (AvgIpc) is 1.69. The van der Waals surface area contributed by atoms with Crippen LogP contribution in [-0.4, -0.2) is 108 Å². The van der Waals surface area contributed by atoms with Gasteiger partial charge >= 0.3 is 5.97 Å². The minimum atomic E-state index is -0.357. The van der Waals surface area contributed by atoms with Crippen molar-refractivity contribution >= 4 is 172 Å². The highest BCUT2D eigenvalue weighted by Gasteiger charge is 2.17. The first-order chi connectivity index (χ1) is 51.0. The van der Waals surface area contributed by atoms with Crippen LogP contribution in [0.25, 0.3) is 66.1 Å². The largest absolute Gasteiger partial charge is 0.463 e. The van der Waals surface area contributed by atoms with Gasteiger partial charge < -0.3 is 19.1 Å². The summed E-state index contributed by atoms with van der Waals surface area (Å²) in [6, 6.07) is 48.2. The topological polar surface area (TPSA) is 319 Å². The maximum Gasteiger partial charge on any atom is 0.330 e. The van der Waals surface area contributed by atoms with Crippen LogP contribution in [0.2, 0.25) is 0 Å². The first-order valence-corrected chi connectivity index (χ1v) is 39.6. The number of ether oxygens (including phenoxy) is 3. The highest BCUT2D eigenvalue weighted by atomic mass is 32.1. The lowest BCUT2D eigenvalue weighted by Gasteiger charge is -2.18. The molecule has 0 spiro atoms. The third kappa shape index (κ3) is 27.9. The lowest BCUT2D eigenvalue weighted by Crippen LogP contribution is -2.37. The van der Waals surface area contributed by atoms with Crippen molar-refractivity contribution in [2.45, 2.75) is 110 Å². The van der Waals surface area contributed by atoms with Crippen molar-refractivity contribution in [1.82, 2.24) is 29.9 Å². The maximum absolute atomic E-state index is 12.0. The normalized spacial score (nSPS) is 10.7. The predicted molar refractivity (Wildman–Crippen MR) is 444 cm³/mol. The summed E-state index contributed by atoms with van der Waals surface area (Å²) in [5.74, 6) is 35.1. The van der Waals surface area contributed by atoms with Crippen LogP contribution in [-0.2, 0) is 23.8 Å². The van der Waals surface area contributed by atoms with Crippen LogP contribution in [0.1, 0.15) is 104 Å². The first kappa shape index (κ1) is 83.5. The monoisotopic (exact) mass is 1540 g/mol. The SMILES string of the molecule is C=CC(=O)OCCCCCCN(N)c1nc2ccccc2s1.C=CCCN(N)c1nc2ccccc2s1.CC(C)N(N)c1nc2ccccc2s1.CCCCCCCC(=O)N(N)c1nc2ccccc2s1.COCCOCN(N)c1nc2ccccc2s1.[C-]#[N+]CCCCN(N)c1nc2ccccc2s1. The number of unbranched alkanes of at least 4 members (excludes halogenated alkanes) is 8. The molecule has 6 heterocycles. The van der Waals surface area contributed by atoms with Gasteiger partial charge in [-0.2, -0.15) is 0 Å². The van der Waals surface area contributed by atoms with Gasteiger partial charge in [-0.3, -0.25) is 29.8 Å². The molecule has 558 valence electrons. The van der Waals surface area contributed by atoms with Gasteiger partial charge in [-0.1, -0.05) is 192 Å². The molecule has 0 saturated carbocycles. The number of hydrogen-bond acceptors (Lipinski definition) is 28. The van der Waals surface area contributed by atoms with Gasteiger partial charge in [-0.25, -0.2) is 81.3 Å². The van der Waals surface area contributed by atoms with E-state index in [1.807, 2.05) is 147 Å². The second-order valence-electron chi connectivity index (χ2n) is 23.7. The lowest BCUT2D eigenvalue weighted by molar-refractivity contribution is -0.137. The van der Waals surface area contributed by atoms with Gasteiger partial charge in [0.25, 0.3) is 0 Å². The number of hydrogen-bond donors (Lipinski definition) is 6. The molecular formula is C75H97N19O5S6. The Labute approximate surface area is 638 Å². The summed E-state index contributed by atoms with van der Waals surface area (Å²) in [5.41, 5.74) is 5.85. The van der Waals surface area contributed by atoms with Crippen LogP contribution < -0.4 is 65.1 Å². The van der Waals surface area contributed by atoms with E-state index in [4.69, 9.17) is 55.8 Å². The van der Waals surface area contributed by atoms with E-state index in [-0.39, 0.29) is 17.9 Å². The van der Waals surface area contributed by atoms with Crippen LogP contribution in [0.3, 0.4) is 0 Å². The van der Waals surface area contributed by atoms with Crippen molar-refractivity contribution in [3.05, 3.63) is 182 Å². The van der Waals surface area contributed by atoms with Gasteiger partial charge in [-0.15, -0.1) is 6.58 Å². The van der Waals surface area contributed by atoms with Crippen molar-refractivity contribution in [2.24, 2.45) is 35.1 Å². The number of esters is 1. The standard InChI is InChI=1S/C16H21N3O2S.C15H21N3OS.C12H14N4S.C11H15N3O2S.C11H13N3S.C10H13N3S/c1-2-15(20)21-12-8-4-3-7-11-19(17)16-18-13-9-5-6-10-14(13)22-16;1-2-3-4-5-6-11-14(19)18(16)15-17-12-9-7-8-10-13(12)20-15;1-14-8-4-5-9-16(13)12-15-10-6-2-3-7-11(10)17-12;1-15-6-7-16-8-14(12)11-13-9-4-2-3-5-10(9)17-11;1-2-3-8-14(12)11-13-9-6-4-5-7-10(9)15-11;1-7(2)13(11)10-12-8-5-3-4-6-9(8)14-10/h2,5-6,9-10H,1,3-4,7-8,11-12,17H2;7-10H,2-6,11,16H2,1H3;2-3,6-7H,4-5,8-9,13H2;2-5H,6-8,12H2,1H3;2,4-7H,1,3,8,12H2;3-7H,11H2,1-2H3. The van der Waals surface area contributed by atoms with Gasteiger partial charge in [0.05, 0.1) is 81.1 Å². The number of nitrogens with two attached hydrogens (primary N) is 6. The number of nitrogens with zero attached hydrogens (tertiary/aromatic N) is 13. The van der Waals surface area contributed by atoms with Gasteiger partial charge in [0.15, 0.2) is 0 Å². The molecule has 105 heavy (non-hydrogen) atoms. The van der Waals surface area contributed by atoms with Crippen LogP contribution in [0.15, 0.2) is 171 Å². The maximum atomic E-state index is 12.0. The molecule has 0 bridgehead atoms. The zero-order valence-corrected chi connectivity index (χ0v) is 65.0. The van der Waals surface area contributed by atoms with Crippen LogP contribution >= 0.6 is 68.0 Å². The quantitative estimate of drug-likeness (QED) is 0.00256. The molecule has 0 aliphatic heterocycles. The Balaban J connectivity index is 0.000000177. The van der Waals surface area contributed by atoms with Crippen molar-refractivity contribution in [2.75, 3.05) is 89.9 Å². The van der Waals surface area contributed by atoms with E-state index in [1.54, 1.807) is 83.8 Å². The number of amides is 1. The van der Waals surface area contributed by atoms with Crippen LogP contribution in [0, 0.1) is 6.57 Å². The molecule has 0 saturated heterocycles. The number of hydrazine groups is 6. The summed E-state index contributed by atoms with van der Waals surface area (Å²) >= 11 is 9.44. The van der Waals surface area contributed by atoms with Crippen molar-refractivity contribution in [3.8, 4) is 0 Å². The van der Waals surface area contributed by atoms with Gasteiger partial charge in [0, 0.05) is 51.7 Å². The van der Waals surface area contributed by atoms with Crippen LogP contribution in [0.4, 0.5) is 30.8 Å². The Bertz CT molecular complexity index is 4370. The molecule has 30 heteroatoms. The summed E-state index contributed by atoms with van der Waals surface area (Å²) in [5, 5.41) is 14.2. The second kappa shape index (κ2) is 46.3. The highest BCUT2D eigenvalue weighted by molar-refractivity contribution is 7.24. The van der Waals surface area contributed by atoms with Gasteiger partial charge in [-0.05, 0) is 125 Å². The molecule has 0 fully saturated rings. The fraction of sp³-hybridized carbons (Fsp3) is 0.347. The Morgan fingerprint density at radius 1 is 0.476 bits per heavy atom. The van der Waals surface area contributed by atoms with E-state index in [9.17, 15) is 9.59 Å². The van der Waals surface area contributed by atoms with E-state index in [2.05, 4.69) is 73.0 Å². The summed E-state index contributed by atoms with van der Waals surface area (Å²) < 4.78 is 21.9. The number of rotatable bonds is 33. The van der Waals surface area contributed by atoms with Gasteiger partial charge in [0.1, 0.15) is 6.73 Å². The smallest absolute Gasteiger partial charge is 0.330 e. The molecule has 12 N–H and O–H groups in total. The molecule has 12 aromatic rings. The first-order valence-electron chi connectivity index (χ1n) is 34.7. The predicted octanol–water partition coefficient (Wildman–Crippen LogP) is 16.3. The lowest BCUT2D eigenvalue weighted by atomic mass is 10.1. The van der Waals surface area contributed by atoms with E-state index in [1.165, 1.54) is 56.1 Å². The van der Waals surface area contributed by atoms with E-state index >= 15 is 0 Å². The van der Waals surface area contributed by atoms with Gasteiger partial charge in [0.2, 0.25) is 43.2 Å². The summed E-state index contributed by atoms with van der Waals surface area (Å²) in [4.78, 5) is 52.9. The summed E-state index contributed by atoms with van der Waals surface area (Å²) in [7, 11) is 1.64. The summed E-state index contributed by atoms with van der Waals surface area (Å²) in [6.45, 7) is 24.7. The zero-order valence-electron chi connectivity index (χ0n) is 60.1. The molecule has 12 rings (SSSR count). The number of aromatic nitrogens is 6. The second-order valence-corrected chi connectivity index (χ2v) is 29.8. The minimum Gasteiger partial charge on any atom is -0.463 e. The molecule has 6 aromatic carbocycles. The van der Waals surface area contributed by atoms with Crippen molar-refractivity contribution in [3.63, 3.8) is 0 Å². The number of para-hydroxylation sites is 6. The third-order valence-electron chi connectivity index (χ3n) is 15.3. The Morgan fingerprint density at radius 3 is 1.26 bits per heavy atom. The molecule has 6 aromatic heterocycles. The zero-order chi connectivity index (χ0) is 75.1. The average molecular weight is 1540 g/mol. The molecule has 0 radical (unpaired) electrons. The fourth-order valence-corrected chi connectivity index (χ4v) is 15.1. The molecule has 24 nitrogen and oxygen atoms in total. The van der Waals surface area contributed by atoms with E-state index < -0.39 is 0 Å². The fourth-order valence-electron chi connectivity index (χ4n) is 9.51. The number of anilines is 6. The minimum absolute atomic E-state index is 0.0550. The molecular weight excluding hydrogens is 1440 g/mol. The molecule has 0 aliphatic carbocycles. The Kier molecular flexibility index (Phi) is 36.8. The molecule has 0 unspecified atom stereocenters. The molecule has 0 aliphatic rings.